The first kappa shape index (κ1) is 18.2. The van der Waals surface area contributed by atoms with Crippen molar-refractivity contribution in [3.05, 3.63) is 29.3 Å². The molecular weight excluding hydrogens is 282 g/mol. The van der Waals surface area contributed by atoms with Gasteiger partial charge in [-0.3, -0.25) is 9.59 Å². The van der Waals surface area contributed by atoms with Gasteiger partial charge >= 0.3 is 0 Å². The zero-order chi connectivity index (χ0) is 14.3. The quantitative estimate of drug-likeness (QED) is 0.526. The standard InChI is InChI=1S/C13H19N3O3.ClH/c1-9-3-4-10(14)7-11(9)13(18)16-8-12(17)15-5-6-19-2;/h3-4,7H,5-6,8,14H2,1-2H3,(H,15,17)(H,16,18);1H. The molecule has 0 atom stereocenters. The number of methoxy groups -OCH3 is 1. The summed E-state index contributed by atoms with van der Waals surface area (Å²) in [5, 5.41) is 5.16. The fraction of sp³-hybridized carbons (Fsp3) is 0.385. The maximum absolute atomic E-state index is 11.9. The predicted octanol–water partition coefficient (Wildman–Crippen LogP) is 0.491. The molecule has 0 saturated carbocycles. The van der Waals surface area contributed by atoms with Crippen molar-refractivity contribution in [3.63, 3.8) is 0 Å². The molecule has 0 unspecified atom stereocenters. The summed E-state index contributed by atoms with van der Waals surface area (Å²) in [7, 11) is 1.55. The number of rotatable bonds is 6. The number of amides is 2. The first-order chi connectivity index (χ1) is 9.04. The van der Waals surface area contributed by atoms with E-state index in [2.05, 4.69) is 10.6 Å². The first-order valence-electron chi connectivity index (χ1n) is 5.94. The number of carbonyl (C=O) groups is 2. The minimum absolute atomic E-state index is 0. The molecule has 112 valence electrons. The maximum atomic E-state index is 11.9. The molecule has 7 heteroatoms. The van der Waals surface area contributed by atoms with E-state index in [1.807, 2.05) is 6.92 Å². The van der Waals surface area contributed by atoms with E-state index in [1.165, 1.54) is 0 Å². The number of hydrogen-bond acceptors (Lipinski definition) is 4. The largest absolute Gasteiger partial charge is 0.399 e. The van der Waals surface area contributed by atoms with Gasteiger partial charge in [-0.2, -0.15) is 0 Å². The minimum atomic E-state index is -0.313. The lowest BCUT2D eigenvalue weighted by Crippen LogP contribution is -2.38. The second-order valence-electron chi connectivity index (χ2n) is 4.10. The summed E-state index contributed by atoms with van der Waals surface area (Å²) in [4.78, 5) is 23.3. The van der Waals surface area contributed by atoms with Gasteiger partial charge in [0.2, 0.25) is 5.91 Å². The van der Waals surface area contributed by atoms with Gasteiger partial charge in [0.1, 0.15) is 0 Å². The van der Waals surface area contributed by atoms with E-state index in [0.29, 0.717) is 24.4 Å². The number of halogens is 1. The van der Waals surface area contributed by atoms with Crippen molar-refractivity contribution in [2.75, 3.05) is 32.5 Å². The first-order valence-corrected chi connectivity index (χ1v) is 5.94. The third kappa shape index (κ3) is 5.90. The molecule has 0 heterocycles. The van der Waals surface area contributed by atoms with E-state index in [1.54, 1.807) is 25.3 Å². The van der Waals surface area contributed by atoms with Crippen LogP contribution in [0.15, 0.2) is 18.2 Å². The fourth-order valence-corrected chi connectivity index (χ4v) is 1.50. The highest BCUT2D eigenvalue weighted by molar-refractivity contribution is 5.98. The van der Waals surface area contributed by atoms with Crippen LogP contribution in [-0.2, 0) is 9.53 Å². The number of aryl methyl sites for hydroxylation is 1. The SMILES string of the molecule is COCCNC(=O)CNC(=O)c1cc(N)ccc1C.Cl. The smallest absolute Gasteiger partial charge is 0.252 e. The molecule has 0 saturated heterocycles. The third-order valence-electron chi connectivity index (χ3n) is 2.54. The van der Waals surface area contributed by atoms with E-state index in [-0.39, 0.29) is 30.8 Å². The Hall–Kier alpha value is -1.79. The Morgan fingerprint density at radius 1 is 1.30 bits per heavy atom. The number of nitrogens with one attached hydrogen (secondary N) is 2. The molecule has 1 aromatic rings. The lowest BCUT2D eigenvalue weighted by Gasteiger charge is -2.09. The molecule has 1 rings (SSSR count). The average Bonchev–Trinajstić information content (AvgIpc) is 2.39. The highest BCUT2D eigenvalue weighted by Crippen LogP contribution is 2.12. The van der Waals surface area contributed by atoms with Crippen LogP contribution in [0.25, 0.3) is 0 Å². The second kappa shape index (κ2) is 9.17. The topological polar surface area (TPSA) is 93.5 Å². The molecule has 2 amide bonds. The third-order valence-corrected chi connectivity index (χ3v) is 2.54. The average molecular weight is 302 g/mol. The van der Waals surface area contributed by atoms with Crippen molar-refractivity contribution >= 4 is 29.9 Å². The summed E-state index contributed by atoms with van der Waals surface area (Å²) in [6.45, 7) is 2.60. The normalized spacial score (nSPS) is 9.50. The molecule has 6 nitrogen and oxygen atoms in total. The molecular formula is C13H20ClN3O3. The van der Waals surface area contributed by atoms with Gasteiger partial charge in [0, 0.05) is 24.9 Å². The van der Waals surface area contributed by atoms with Crippen molar-refractivity contribution in [1.82, 2.24) is 10.6 Å². The van der Waals surface area contributed by atoms with Crippen LogP contribution < -0.4 is 16.4 Å². The van der Waals surface area contributed by atoms with Crippen LogP contribution in [0.1, 0.15) is 15.9 Å². The highest BCUT2D eigenvalue weighted by atomic mass is 35.5. The van der Waals surface area contributed by atoms with Crippen LogP contribution in [0.3, 0.4) is 0 Å². The molecule has 1 aromatic carbocycles. The molecule has 0 fully saturated rings. The Morgan fingerprint density at radius 2 is 2.00 bits per heavy atom. The molecule has 0 aliphatic carbocycles. The second-order valence-corrected chi connectivity index (χ2v) is 4.10. The van der Waals surface area contributed by atoms with E-state index < -0.39 is 0 Å². The number of anilines is 1. The van der Waals surface area contributed by atoms with Crippen molar-refractivity contribution in [2.24, 2.45) is 0 Å². The molecule has 0 aromatic heterocycles. The number of hydrogen-bond donors (Lipinski definition) is 3. The Kier molecular flexibility index (Phi) is 8.35. The van der Waals surface area contributed by atoms with Crippen molar-refractivity contribution in [3.8, 4) is 0 Å². The monoisotopic (exact) mass is 301 g/mol. The number of nitrogens with two attached hydrogens (primary N) is 1. The van der Waals surface area contributed by atoms with Gasteiger partial charge in [0.25, 0.3) is 5.91 Å². The molecule has 0 aliphatic rings. The molecule has 0 aliphatic heterocycles. The zero-order valence-corrected chi connectivity index (χ0v) is 12.4. The van der Waals surface area contributed by atoms with Crippen LogP contribution >= 0.6 is 12.4 Å². The molecule has 20 heavy (non-hydrogen) atoms. The Morgan fingerprint density at radius 3 is 2.65 bits per heavy atom. The van der Waals surface area contributed by atoms with Crippen molar-refractivity contribution in [2.45, 2.75) is 6.92 Å². The van der Waals surface area contributed by atoms with E-state index in [9.17, 15) is 9.59 Å². The van der Waals surface area contributed by atoms with Crippen LogP contribution in [-0.4, -0.2) is 38.6 Å². The summed E-state index contributed by atoms with van der Waals surface area (Å²) in [5.41, 5.74) is 7.43. The molecule has 0 bridgehead atoms. The predicted molar refractivity (Wildman–Crippen MR) is 80.1 cm³/mol. The zero-order valence-electron chi connectivity index (χ0n) is 11.6. The van der Waals surface area contributed by atoms with Crippen molar-refractivity contribution < 1.29 is 14.3 Å². The van der Waals surface area contributed by atoms with Crippen LogP contribution in [0, 0.1) is 6.92 Å². The maximum Gasteiger partial charge on any atom is 0.252 e. The lowest BCUT2D eigenvalue weighted by atomic mass is 10.1. The van der Waals surface area contributed by atoms with E-state index in [4.69, 9.17) is 10.5 Å². The summed E-state index contributed by atoms with van der Waals surface area (Å²) < 4.78 is 4.80. The number of carbonyl (C=O) groups excluding carboxylic acids is 2. The Labute approximate surface area is 124 Å². The van der Waals surface area contributed by atoms with Gasteiger partial charge in [-0.15, -0.1) is 12.4 Å². The Bertz CT molecular complexity index is 466. The van der Waals surface area contributed by atoms with Gasteiger partial charge in [-0.25, -0.2) is 0 Å². The summed E-state index contributed by atoms with van der Waals surface area (Å²) in [6.07, 6.45) is 0. The minimum Gasteiger partial charge on any atom is -0.399 e. The van der Waals surface area contributed by atoms with E-state index in [0.717, 1.165) is 5.56 Å². The summed E-state index contributed by atoms with van der Waals surface area (Å²) in [5.74, 6) is -0.571. The van der Waals surface area contributed by atoms with Crippen LogP contribution in [0.2, 0.25) is 0 Å². The highest BCUT2D eigenvalue weighted by Gasteiger charge is 2.10. The van der Waals surface area contributed by atoms with Crippen LogP contribution in [0.4, 0.5) is 5.69 Å². The lowest BCUT2D eigenvalue weighted by molar-refractivity contribution is -0.120. The number of nitrogen functional groups attached to an aromatic ring is 1. The van der Waals surface area contributed by atoms with E-state index >= 15 is 0 Å². The fourth-order valence-electron chi connectivity index (χ4n) is 1.50. The number of ether oxygens (including phenoxy) is 1. The molecule has 0 radical (unpaired) electrons. The van der Waals surface area contributed by atoms with Crippen LogP contribution in [0.5, 0.6) is 0 Å². The summed E-state index contributed by atoms with van der Waals surface area (Å²) in [6, 6.07) is 5.08. The Balaban J connectivity index is 0.00000361. The molecule has 4 N–H and O–H groups in total. The van der Waals surface area contributed by atoms with Gasteiger partial charge in [0.15, 0.2) is 0 Å². The molecule has 0 spiro atoms. The summed E-state index contributed by atoms with van der Waals surface area (Å²) >= 11 is 0. The van der Waals surface area contributed by atoms with Gasteiger partial charge in [0.05, 0.1) is 13.2 Å². The van der Waals surface area contributed by atoms with Gasteiger partial charge < -0.3 is 21.1 Å². The van der Waals surface area contributed by atoms with Gasteiger partial charge in [-0.1, -0.05) is 6.07 Å². The number of benzene rings is 1. The van der Waals surface area contributed by atoms with Crippen molar-refractivity contribution in [1.29, 1.82) is 0 Å². The van der Waals surface area contributed by atoms with Gasteiger partial charge in [-0.05, 0) is 24.6 Å².